The number of hydrogen-bond acceptors (Lipinski definition) is 6. The molecule has 2 rings (SSSR count). The molecule has 1 aliphatic heterocycles. The molecule has 0 saturated carbocycles. The highest BCUT2D eigenvalue weighted by molar-refractivity contribution is 7.89. The van der Waals surface area contributed by atoms with Gasteiger partial charge in [0.1, 0.15) is 12.6 Å². The Labute approximate surface area is 152 Å². The van der Waals surface area contributed by atoms with E-state index < -0.39 is 16.1 Å². The van der Waals surface area contributed by atoms with Gasteiger partial charge in [-0.05, 0) is 12.1 Å². The van der Waals surface area contributed by atoms with Crippen LogP contribution >= 0.6 is 0 Å². The van der Waals surface area contributed by atoms with Gasteiger partial charge in [0.25, 0.3) is 0 Å². The third kappa shape index (κ3) is 4.12. The number of carbonyl (C=O) groups is 2. The number of nitrogens with zero attached hydrogens (tertiary/aromatic N) is 4. The maximum atomic E-state index is 12.8. The van der Waals surface area contributed by atoms with E-state index in [1.165, 1.54) is 35.5 Å². The Morgan fingerprint density at radius 2 is 1.85 bits per heavy atom. The van der Waals surface area contributed by atoms with Crippen LogP contribution in [0.15, 0.2) is 29.2 Å². The Morgan fingerprint density at radius 3 is 2.42 bits per heavy atom. The average molecular weight is 380 g/mol. The number of amides is 2. The van der Waals surface area contributed by atoms with Gasteiger partial charge < -0.3 is 14.5 Å². The van der Waals surface area contributed by atoms with E-state index >= 15 is 0 Å². The summed E-state index contributed by atoms with van der Waals surface area (Å²) in [7, 11) is -1.13. The van der Waals surface area contributed by atoms with E-state index in [4.69, 9.17) is 5.26 Å². The van der Waals surface area contributed by atoms with Crippen molar-refractivity contribution in [2.45, 2.75) is 4.90 Å². The smallest absolute Gasteiger partial charge is 0.409 e. The third-order valence-electron chi connectivity index (χ3n) is 4.08. The quantitative estimate of drug-likeness (QED) is 0.732. The first-order valence-electron chi connectivity index (χ1n) is 7.87. The molecule has 1 aliphatic rings. The highest BCUT2D eigenvalue weighted by atomic mass is 32.2. The van der Waals surface area contributed by atoms with Crippen LogP contribution in [-0.2, 0) is 19.6 Å². The summed E-state index contributed by atoms with van der Waals surface area (Å²) in [6, 6.07) is 7.91. The lowest BCUT2D eigenvalue weighted by Gasteiger charge is -2.34. The van der Waals surface area contributed by atoms with Gasteiger partial charge in [0.05, 0.1) is 17.6 Å². The van der Waals surface area contributed by atoms with Gasteiger partial charge in [0, 0.05) is 33.2 Å². The normalized spacial score (nSPS) is 15.2. The van der Waals surface area contributed by atoms with E-state index in [0.717, 1.165) is 4.90 Å². The molecule has 1 saturated heterocycles. The Balaban J connectivity index is 2.03. The first-order chi connectivity index (χ1) is 12.3. The molecule has 26 heavy (non-hydrogen) atoms. The molecule has 0 aromatic heterocycles. The highest BCUT2D eigenvalue weighted by Gasteiger charge is 2.32. The number of ether oxygens (including phenoxy) is 1. The van der Waals surface area contributed by atoms with E-state index in [-0.39, 0.29) is 49.1 Å². The summed E-state index contributed by atoms with van der Waals surface area (Å²) in [6.45, 7) is 0.520. The summed E-state index contributed by atoms with van der Waals surface area (Å²) in [5.74, 6) is -0.285. The van der Waals surface area contributed by atoms with Crippen molar-refractivity contribution < 1.29 is 22.7 Å². The second-order valence-electron chi connectivity index (χ2n) is 5.72. The Bertz CT molecular complexity index is 825. The topological polar surface area (TPSA) is 111 Å². The Kier molecular flexibility index (Phi) is 6.18. The highest BCUT2D eigenvalue weighted by Crippen LogP contribution is 2.21. The van der Waals surface area contributed by atoms with Crippen LogP contribution in [0.25, 0.3) is 0 Å². The van der Waals surface area contributed by atoms with Crippen LogP contribution in [0.1, 0.15) is 5.56 Å². The zero-order valence-corrected chi connectivity index (χ0v) is 15.4. The summed E-state index contributed by atoms with van der Waals surface area (Å²) in [5, 5.41) is 9.12. The standard InChI is InChI=1S/C16H20N4O5S/c1-18(16(22)25-2)12-15(21)19-7-9-20(10-8-19)26(23,24)14-6-4-3-5-13(14)11-17/h3-6H,7-10,12H2,1-2H3. The Hall–Kier alpha value is -2.64. The number of piperazine rings is 1. The van der Waals surface area contributed by atoms with Crippen LogP contribution in [0.5, 0.6) is 0 Å². The van der Waals surface area contributed by atoms with Crippen LogP contribution in [0.3, 0.4) is 0 Å². The number of sulfonamides is 1. The minimum absolute atomic E-state index is 0.0345. The van der Waals surface area contributed by atoms with E-state index in [1.807, 2.05) is 6.07 Å². The largest absolute Gasteiger partial charge is 0.453 e. The molecule has 10 heteroatoms. The summed E-state index contributed by atoms with van der Waals surface area (Å²) < 4.78 is 31.3. The number of methoxy groups -OCH3 is 1. The lowest BCUT2D eigenvalue weighted by molar-refractivity contribution is -0.133. The lowest BCUT2D eigenvalue weighted by Crippen LogP contribution is -2.52. The predicted octanol–water partition coefficient (Wildman–Crippen LogP) is 0.0894. The van der Waals surface area contributed by atoms with Gasteiger partial charge in [0.2, 0.25) is 15.9 Å². The van der Waals surface area contributed by atoms with Gasteiger partial charge in [-0.1, -0.05) is 12.1 Å². The summed E-state index contributed by atoms with van der Waals surface area (Å²) in [5.41, 5.74) is 0.0886. The molecule has 1 aromatic carbocycles. The van der Waals surface area contributed by atoms with Crippen LogP contribution in [0, 0.1) is 11.3 Å². The fraction of sp³-hybridized carbons (Fsp3) is 0.438. The molecule has 0 aliphatic carbocycles. The van der Waals surface area contributed by atoms with Crippen molar-refractivity contribution in [3.63, 3.8) is 0 Å². The van der Waals surface area contributed by atoms with E-state index in [0.29, 0.717) is 0 Å². The molecule has 0 N–H and O–H groups in total. The van der Waals surface area contributed by atoms with Gasteiger partial charge >= 0.3 is 6.09 Å². The van der Waals surface area contributed by atoms with Crippen LogP contribution in [0.4, 0.5) is 4.79 Å². The summed E-state index contributed by atoms with van der Waals surface area (Å²) >= 11 is 0. The van der Waals surface area contributed by atoms with E-state index in [2.05, 4.69) is 4.74 Å². The van der Waals surface area contributed by atoms with Gasteiger partial charge in [-0.25, -0.2) is 13.2 Å². The van der Waals surface area contributed by atoms with Crippen LogP contribution < -0.4 is 0 Å². The third-order valence-corrected chi connectivity index (χ3v) is 6.03. The number of carbonyl (C=O) groups excluding carboxylic acids is 2. The fourth-order valence-electron chi connectivity index (χ4n) is 2.62. The number of nitriles is 1. The Morgan fingerprint density at radius 1 is 1.23 bits per heavy atom. The number of rotatable bonds is 4. The van der Waals surface area contributed by atoms with Crippen molar-refractivity contribution in [1.82, 2.24) is 14.1 Å². The number of benzene rings is 1. The maximum absolute atomic E-state index is 12.8. The zero-order chi connectivity index (χ0) is 19.3. The van der Waals surface area contributed by atoms with E-state index in [1.54, 1.807) is 12.1 Å². The average Bonchev–Trinajstić information content (AvgIpc) is 2.67. The first-order valence-corrected chi connectivity index (χ1v) is 9.31. The molecule has 140 valence electrons. The molecule has 0 atom stereocenters. The monoisotopic (exact) mass is 380 g/mol. The van der Waals surface area contributed by atoms with Gasteiger partial charge in [-0.15, -0.1) is 0 Å². The van der Waals surface area contributed by atoms with Crippen LogP contribution in [0.2, 0.25) is 0 Å². The molecule has 0 unspecified atom stereocenters. The molecular weight excluding hydrogens is 360 g/mol. The minimum Gasteiger partial charge on any atom is -0.453 e. The summed E-state index contributed by atoms with van der Waals surface area (Å²) in [4.78, 5) is 26.2. The molecule has 0 spiro atoms. The molecule has 0 radical (unpaired) electrons. The molecule has 2 amide bonds. The van der Waals surface area contributed by atoms with Gasteiger partial charge in [0.15, 0.2) is 0 Å². The first kappa shape index (κ1) is 19.7. The number of hydrogen-bond donors (Lipinski definition) is 0. The van der Waals surface area contributed by atoms with Crippen molar-refractivity contribution in [3.05, 3.63) is 29.8 Å². The predicted molar refractivity (Wildman–Crippen MR) is 91.5 cm³/mol. The van der Waals surface area contributed by atoms with Gasteiger partial charge in [-0.3, -0.25) is 4.79 Å². The van der Waals surface area contributed by atoms with Crippen molar-refractivity contribution in [3.8, 4) is 6.07 Å². The maximum Gasteiger partial charge on any atom is 0.409 e. The van der Waals surface area contributed by atoms with Crippen molar-refractivity contribution in [1.29, 1.82) is 5.26 Å². The zero-order valence-electron chi connectivity index (χ0n) is 14.6. The SMILES string of the molecule is COC(=O)N(C)CC(=O)N1CCN(S(=O)(=O)c2ccccc2C#N)CC1. The molecule has 9 nitrogen and oxygen atoms in total. The summed E-state index contributed by atoms with van der Waals surface area (Å²) in [6.07, 6.45) is -0.618. The molecular formula is C16H20N4O5S. The van der Waals surface area contributed by atoms with Gasteiger partial charge in [-0.2, -0.15) is 9.57 Å². The molecule has 1 fully saturated rings. The van der Waals surface area contributed by atoms with E-state index in [9.17, 15) is 18.0 Å². The fourth-order valence-corrected chi connectivity index (χ4v) is 4.19. The van der Waals surface area contributed by atoms with Crippen molar-refractivity contribution >= 4 is 22.0 Å². The number of likely N-dealkylation sites (N-methyl/N-ethyl adjacent to an activating group) is 1. The van der Waals surface area contributed by atoms with Crippen molar-refractivity contribution in [2.75, 3.05) is 46.9 Å². The molecule has 1 heterocycles. The van der Waals surface area contributed by atoms with Crippen LogP contribution in [-0.4, -0.2) is 81.4 Å². The second kappa shape index (κ2) is 8.16. The van der Waals surface area contributed by atoms with Crippen molar-refractivity contribution in [2.24, 2.45) is 0 Å². The molecule has 1 aromatic rings. The minimum atomic E-state index is -3.81. The second-order valence-corrected chi connectivity index (χ2v) is 7.63. The molecule has 0 bridgehead atoms. The lowest BCUT2D eigenvalue weighted by atomic mass is 10.2.